The van der Waals surface area contributed by atoms with Crippen molar-refractivity contribution in [2.24, 2.45) is 5.92 Å². The summed E-state index contributed by atoms with van der Waals surface area (Å²) >= 11 is 0.896. The quantitative estimate of drug-likeness (QED) is 0.519. The number of nitrogens with zero attached hydrogens (tertiary/aromatic N) is 3. The highest BCUT2D eigenvalue weighted by molar-refractivity contribution is 7.15. The van der Waals surface area contributed by atoms with Crippen LogP contribution in [0, 0.1) is 11.7 Å². The van der Waals surface area contributed by atoms with E-state index in [1.54, 1.807) is 54.5 Å². The van der Waals surface area contributed by atoms with E-state index in [2.05, 4.69) is 20.8 Å². The molecule has 0 bridgehead atoms. The van der Waals surface area contributed by atoms with E-state index in [0.717, 1.165) is 11.3 Å². The highest BCUT2D eigenvalue weighted by atomic mass is 32.1. The van der Waals surface area contributed by atoms with Gasteiger partial charge in [0.25, 0.3) is 11.8 Å². The summed E-state index contributed by atoms with van der Waals surface area (Å²) in [5.74, 6) is -1.22. The number of carbonyl (C=O) groups is 3. The molecule has 1 saturated heterocycles. The second-order valence-corrected chi connectivity index (χ2v) is 8.97. The minimum atomic E-state index is -0.476. The first-order valence-electron chi connectivity index (χ1n) is 11.0. The lowest BCUT2D eigenvalue weighted by atomic mass is 9.97. The van der Waals surface area contributed by atoms with E-state index >= 15 is 0 Å². The van der Waals surface area contributed by atoms with Crippen molar-refractivity contribution in [3.05, 3.63) is 69.9 Å². The average molecular weight is 498 g/mol. The number of anilines is 1. The molecule has 182 valence electrons. The zero-order chi connectivity index (χ0) is 24.8. The summed E-state index contributed by atoms with van der Waals surface area (Å²) in [5.41, 5.74) is 0.957. The molecule has 1 aliphatic heterocycles. The number of halogens is 1. The van der Waals surface area contributed by atoms with Crippen molar-refractivity contribution in [1.82, 2.24) is 20.4 Å². The van der Waals surface area contributed by atoms with Crippen molar-refractivity contribution in [2.75, 3.05) is 25.5 Å². The van der Waals surface area contributed by atoms with Crippen molar-refractivity contribution < 1.29 is 23.5 Å². The summed E-state index contributed by atoms with van der Waals surface area (Å²) in [6, 6.07) is 13.1. The van der Waals surface area contributed by atoms with Crippen LogP contribution in [0.15, 0.2) is 48.5 Å². The fourth-order valence-electron chi connectivity index (χ4n) is 3.74. The molecule has 0 aliphatic carbocycles. The van der Waals surface area contributed by atoms with Crippen molar-refractivity contribution in [3.8, 4) is 5.75 Å². The molecule has 4 rings (SSSR count). The van der Waals surface area contributed by atoms with Gasteiger partial charge in [-0.1, -0.05) is 29.5 Å². The van der Waals surface area contributed by atoms with Crippen LogP contribution in [-0.4, -0.2) is 53.0 Å². The zero-order valence-corrected chi connectivity index (χ0v) is 19.8. The largest absolute Gasteiger partial charge is 0.497 e. The molecule has 35 heavy (non-hydrogen) atoms. The Morgan fingerprint density at radius 2 is 1.86 bits per heavy atom. The Balaban J connectivity index is 1.33. The lowest BCUT2D eigenvalue weighted by Gasteiger charge is -2.31. The fourth-order valence-corrected chi connectivity index (χ4v) is 4.45. The van der Waals surface area contributed by atoms with Crippen LogP contribution in [0.2, 0.25) is 0 Å². The number of hydrogen-bond acceptors (Lipinski definition) is 7. The predicted molar refractivity (Wildman–Crippen MR) is 128 cm³/mol. The highest BCUT2D eigenvalue weighted by Crippen LogP contribution is 2.22. The van der Waals surface area contributed by atoms with Gasteiger partial charge < -0.3 is 20.3 Å². The summed E-state index contributed by atoms with van der Waals surface area (Å²) in [5, 5.41) is 13.3. The van der Waals surface area contributed by atoms with Gasteiger partial charge in [-0.25, -0.2) is 4.39 Å². The number of hydrogen-bond donors (Lipinski definition) is 2. The van der Waals surface area contributed by atoms with Crippen LogP contribution < -0.4 is 15.4 Å². The molecule has 2 N–H and O–H groups in total. The minimum absolute atomic E-state index is 0.0559. The summed E-state index contributed by atoms with van der Waals surface area (Å²) in [6.45, 7) is 0.775. The van der Waals surface area contributed by atoms with Crippen LogP contribution in [0.3, 0.4) is 0 Å². The number of piperidine rings is 1. The summed E-state index contributed by atoms with van der Waals surface area (Å²) < 4.78 is 18.9. The maximum atomic E-state index is 13.8. The monoisotopic (exact) mass is 497 g/mol. The van der Waals surface area contributed by atoms with E-state index in [1.165, 1.54) is 6.07 Å². The molecule has 1 aromatic heterocycles. The summed E-state index contributed by atoms with van der Waals surface area (Å²) in [6.07, 6.45) is 1.27. The van der Waals surface area contributed by atoms with Crippen molar-refractivity contribution in [1.29, 1.82) is 0 Å². The Hall–Kier alpha value is -3.86. The number of ether oxygens (including phenoxy) is 1. The topological polar surface area (TPSA) is 114 Å². The standard InChI is InChI=1S/C24H24FN5O4S/c1-34-18-10-8-17(9-11-18)27-21(32)22-28-29-23(35-22)24(33)30-12-4-6-16(14-30)20(31)26-13-15-5-2-3-7-19(15)25/h2-3,5,7-11,16H,4,6,12-14H2,1H3,(H,26,31)(H,27,32)/t16-/m1/s1. The Bertz CT molecular complexity index is 1220. The number of amides is 3. The third-order valence-electron chi connectivity index (χ3n) is 5.64. The Morgan fingerprint density at radius 3 is 2.60 bits per heavy atom. The first-order chi connectivity index (χ1) is 16.9. The molecule has 2 aromatic carbocycles. The van der Waals surface area contributed by atoms with E-state index < -0.39 is 11.8 Å². The van der Waals surface area contributed by atoms with E-state index in [4.69, 9.17) is 4.74 Å². The lowest BCUT2D eigenvalue weighted by molar-refractivity contribution is -0.126. The minimum Gasteiger partial charge on any atom is -0.497 e. The van der Waals surface area contributed by atoms with E-state index in [-0.39, 0.29) is 40.7 Å². The van der Waals surface area contributed by atoms with Gasteiger partial charge in [0, 0.05) is 30.9 Å². The molecule has 1 fully saturated rings. The smallest absolute Gasteiger partial charge is 0.286 e. The second kappa shape index (κ2) is 11.0. The maximum Gasteiger partial charge on any atom is 0.286 e. The number of rotatable bonds is 7. The first-order valence-corrected chi connectivity index (χ1v) is 11.9. The van der Waals surface area contributed by atoms with Gasteiger partial charge in [-0.2, -0.15) is 0 Å². The number of aromatic nitrogens is 2. The SMILES string of the molecule is COc1ccc(NC(=O)c2nnc(C(=O)N3CCC[C@@H](C(=O)NCc4ccccc4F)C3)s2)cc1. The molecule has 1 atom stereocenters. The molecule has 0 saturated carbocycles. The van der Waals surface area contributed by atoms with Gasteiger partial charge in [-0.05, 0) is 43.2 Å². The van der Waals surface area contributed by atoms with Gasteiger partial charge in [0.1, 0.15) is 11.6 Å². The molecule has 2 heterocycles. The number of carbonyl (C=O) groups excluding carboxylic acids is 3. The molecule has 3 aromatic rings. The van der Waals surface area contributed by atoms with Crippen molar-refractivity contribution in [2.45, 2.75) is 19.4 Å². The van der Waals surface area contributed by atoms with Crippen LogP contribution in [0.25, 0.3) is 0 Å². The summed E-state index contributed by atoms with van der Waals surface area (Å²) in [7, 11) is 1.55. The number of benzene rings is 2. The highest BCUT2D eigenvalue weighted by Gasteiger charge is 2.31. The molecule has 0 radical (unpaired) electrons. The lowest BCUT2D eigenvalue weighted by Crippen LogP contribution is -2.45. The maximum absolute atomic E-state index is 13.8. The Kier molecular flexibility index (Phi) is 7.66. The molecule has 11 heteroatoms. The molecular weight excluding hydrogens is 473 g/mol. The van der Waals surface area contributed by atoms with Crippen molar-refractivity contribution >= 4 is 34.7 Å². The Morgan fingerprint density at radius 1 is 1.11 bits per heavy atom. The average Bonchev–Trinajstić information content (AvgIpc) is 3.39. The predicted octanol–water partition coefficient (Wildman–Crippen LogP) is 3.11. The van der Waals surface area contributed by atoms with Gasteiger partial charge >= 0.3 is 0 Å². The van der Waals surface area contributed by atoms with Crippen LogP contribution in [0.4, 0.5) is 10.1 Å². The molecule has 3 amide bonds. The van der Waals surface area contributed by atoms with E-state index in [9.17, 15) is 18.8 Å². The van der Waals surface area contributed by atoms with Gasteiger partial charge in [0.15, 0.2) is 0 Å². The van der Waals surface area contributed by atoms with E-state index in [0.29, 0.717) is 36.4 Å². The molecule has 0 unspecified atom stereocenters. The number of nitrogens with one attached hydrogen (secondary N) is 2. The molecular formula is C24H24FN5O4S. The van der Waals surface area contributed by atoms with Crippen molar-refractivity contribution in [3.63, 3.8) is 0 Å². The Labute approximate surface area is 205 Å². The van der Waals surface area contributed by atoms with Crippen LogP contribution in [0.1, 0.15) is 38.0 Å². The fraction of sp³-hybridized carbons (Fsp3) is 0.292. The molecule has 0 spiro atoms. The number of methoxy groups -OCH3 is 1. The zero-order valence-electron chi connectivity index (χ0n) is 19.0. The van der Waals surface area contributed by atoms with Crippen LogP contribution >= 0.6 is 11.3 Å². The molecule has 9 nitrogen and oxygen atoms in total. The third-order valence-corrected chi connectivity index (χ3v) is 6.55. The van der Waals surface area contributed by atoms with Gasteiger partial charge in [-0.15, -0.1) is 10.2 Å². The van der Waals surface area contributed by atoms with E-state index in [1.807, 2.05) is 0 Å². The molecule has 1 aliphatic rings. The third kappa shape index (κ3) is 5.99. The van der Waals surface area contributed by atoms with Crippen LogP contribution in [0.5, 0.6) is 5.75 Å². The van der Waals surface area contributed by atoms with Gasteiger partial charge in [0.05, 0.1) is 13.0 Å². The van der Waals surface area contributed by atoms with Gasteiger partial charge in [0.2, 0.25) is 15.9 Å². The normalized spacial score (nSPS) is 15.4. The van der Waals surface area contributed by atoms with Crippen LogP contribution in [-0.2, 0) is 11.3 Å². The number of likely N-dealkylation sites (tertiary alicyclic amines) is 1. The first kappa shape index (κ1) is 24.3. The summed E-state index contributed by atoms with van der Waals surface area (Å²) in [4.78, 5) is 39.6. The van der Waals surface area contributed by atoms with Gasteiger partial charge in [-0.3, -0.25) is 14.4 Å². The second-order valence-electron chi connectivity index (χ2n) is 7.99.